The molecule has 0 bridgehead atoms. The van der Waals surface area contributed by atoms with Crippen molar-refractivity contribution < 1.29 is 9.21 Å². The Kier molecular flexibility index (Phi) is 7.02. The van der Waals surface area contributed by atoms with Crippen LogP contribution in [-0.4, -0.2) is 34.6 Å². The first kappa shape index (κ1) is 19.6. The second-order valence-electron chi connectivity index (χ2n) is 7.86. The number of hydrogen-bond acceptors (Lipinski definition) is 4. The Morgan fingerprint density at radius 2 is 2.00 bits per heavy atom. The van der Waals surface area contributed by atoms with E-state index in [1.807, 2.05) is 18.0 Å². The Morgan fingerprint density at radius 3 is 2.78 bits per heavy atom. The smallest absolute Gasteiger partial charge is 0.222 e. The molecule has 1 aromatic heterocycles. The molecule has 0 aliphatic heterocycles. The molecule has 1 amide bonds. The topological polar surface area (TPSA) is 59.2 Å². The van der Waals surface area contributed by atoms with Gasteiger partial charge < -0.3 is 9.32 Å². The SMILES string of the molecule is Cc1cccc(Cc2nnc(CCC(=O)N(C)CCCC3CCCC3)o2)c1. The Bertz CT molecular complexity index is 735. The summed E-state index contributed by atoms with van der Waals surface area (Å²) in [6, 6.07) is 8.27. The third-order valence-corrected chi connectivity index (χ3v) is 5.51. The van der Waals surface area contributed by atoms with Crippen LogP contribution in [0.25, 0.3) is 0 Å². The third kappa shape index (κ3) is 6.19. The van der Waals surface area contributed by atoms with Gasteiger partial charge in [0.15, 0.2) is 0 Å². The van der Waals surface area contributed by atoms with Crippen LogP contribution < -0.4 is 0 Å². The van der Waals surface area contributed by atoms with Gasteiger partial charge in [-0.2, -0.15) is 0 Å². The molecule has 0 saturated heterocycles. The fourth-order valence-corrected chi connectivity index (χ4v) is 3.90. The van der Waals surface area contributed by atoms with Gasteiger partial charge in [-0.25, -0.2) is 0 Å². The fraction of sp³-hybridized carbons (Fsp3) is 0.591. The van der Waals surface area contributed by atoms with Crippen molar-refractivity contribution in [3.63, 3.8) is 0 Å². The van der Waals surface area contributed by atoms with Gasteiger partial charge in [0.1, 0.15) is 0 Å². The van der Waals surface area contributed by atoms with E-state index in [2.05, 4.69) is 35.3 Å². The molecule has 0 N–H and O–H groups in total. The van der Waals surface area contributed by atoms with E-state index >= 15 is 0 Å². The molecule has 1 fully saturated rings. The molecule has 2 aromatic rings. The third-order valence-electron chi connectivity index (χ3n) is 5.51. The van der Waals surface area contributed by atoms with Crippen LogP contribution in [0.3, 0.4) is 0 Å². The molecule has 27 heavy (non-hydrogen) atoms. The number of amides is 1. The Hall–Kier alpha value is -2.17. The van der Waals surface area contributed by atoms with Gasteiger partial charge in [0.2, 0.25) is 17.7 Å². The van der Waals surface area contributed by atoms with Crippen molar-refractivity contribution in [3.8, 4) is 0 Å². The summed E-state index contributed by atoms with van der Waals surface area (Å²) in [5.74, 6) is 2.19. The van der Waals surface area contributed by atoms with Crippen molar-refractivity contribution in [2.45, 2.75) is 64.7 Å². The normalized spacial score (nSPS) is 14.6. The molecule has 0 unspecified atom stereocenters. The van der Waals surface area contributed by atoms with Gasteiger partial charge in [0, 0.05) is 26.4 Å². The van der Waals surface area contributed by atoms with Crippen LogP contribution in [0.4, 0.5) is 0 Å². The fourth-order valence-electron chi connectivity index (χ4n) is 3.90. The van der Waals surface area contributed by atoms with Crippen LogP contribution in [0.5, 0.6) is 0 Å². The van der Waals surface area contributed by atoms with E-state index in [4.69, 9.17) is 4.42 Å². The summed E-state index contributed by atoms with van der Waals surface area (Å²) in [4.78, 5) is 14.2. The average Bonchev–Trinajstić information content (AvgIpc) is 3.31. The number of benzene rings is 1. The molecule has 0 atom stereocenters. The average molecular weight is 370 g/mol. The highest BCUT2D eigenvalue weighted by Gasteiger charge is 2.16. The Balaban J connectivity index is 1.38. The Morgan fingerprint density at radius 1 is 1.22 bits per heavy atom. The second kappa shape index (κ2) is 9.67. The van der Waals surface area contributed by atoms with Crippen molar-refractivity contribution in [3.05, 3.63) is 47.2 Å². The Labute approximate surface area is 162 Å². The molecule has 1 heterocycles. The van der Waals surface area contributed by atoms with Crippen molar-refractivity contribution in [2.75, 3.05) is 13.6 Å². The molecule has 0 spiro atoms. The number of hydrogen-bond donors (Lipinski definition) is 0. The molecule has 5 heteroatoms. The summed E-state index contributed by atoms with van der Waals surface area (Å²) < 4.78 is 5.71. The lowest BCUT2D eigenvalue weighted by Crippen LogP contribution is -2.28. The van der Waals surface area contributed by atoms with Gasteiger partial charge in [-0.1, -0.05) is 55.5 Å². The maximum Gasteiger partial charge on any atom is 0.222 e. The molecular formula is C22H31N3O2. The molecule has 0 radical (unpaired) electrons. The van der Waals surface area contributed by atoms with E-state index in [0.29, 0.717) is 31.0 Å². The van der Waals surface area contributed by atoms with Gasteiger partial charge in [-0.05, 0) is 31.2 Å². The molecule has 1 saturated carbocycles. The van der Waals surface area contributed by atoms with E-state index in [9.17, 15) is 4.79 Å². The minimum Gasteiger partial charge on any atom is -0.425 e. The van der Waals surface area contributed by atoms with Crippen LogP contribution >= 0.6 is 0 Å². The first-order valence-electron chi connectivity index (χ1n) is 10.2. The van der Waals surface area contributed by atoms with E-state index in [0.717, 1.165) is 24.4 Å². The molecule has 1 aliphatic rings. The predicted molar refractivity (Wildman–Crippen MR) is 105 cm³/mol. The minimum atomic E-state index is 0.153. The van der Waals surface area contributed by atoms with Crippen molar-refractivity contribution >= 4 is 5.91 Å². The monoisotopic (exact) mass is 369 g/mol. The van der Waals surface area contributed by atoms with Crippen molar-refractivity contribution in [1.29, 1.82) is 0 Å². The van der Waals surface area contributed by atoms with Crippen LogP contribution in [0.1, 0.15) is 67.9 Å². The number of aromatic nitrogens is 2. The number of rotatable bonds is 9. The minimum absolute atomic E-state index is 0.153. The maximum absolute atomic E-state index is 12.3. The van der Waals surface area contributed by atoms with Crippen molar-refractivity contribution in [2.24, 2.45) is 5.92 Å². The highest BCUT2D eigenvalue weighted by Crippen LogP contribution is 2.28. The lowest BCUT2D eigenvalue weighted by Gasteiger charge is -2.18. The largest absolute Gasteiger partial charge is 0.425 e. The summed E-state index contributed by atoms with van der Waals surface area (Å²) in [5.41, 5.74) is 2.37. The number of carbonyl (C=O) groups is 1. The highest BCUT2D eigenvalue weighted by molar-refractivity contribution is 5.75. The van der Waals surface area contributed by atoms with Crippen LogP contribution in [0, 0.1) is 12.8 Å². The summed E-state index contributed by atoms with van der Waals surface area (Å²) in [5, 5.41) is 8.21. The molecular weight excluding hydrogens is 338 g/mol. The van der Waals surface area contributed by atoms with Gasteiger partial charge >= 0.3 is 0 Å². The van der Waals surface area contributed by atoms with E-state index in [1.54, 1.807) is 0 Å². The summed E-state index contributed by atoms with van der Waals surface area (Å²) in [6.07, 6.45) is 9.43. The van der Waals surface area contributed by atoms with Crippen LogP contribution in [-0.2, 0) is 17.6 Å². The van der Waals surface area contributed by atoms with E-state index in [1.165, 1.54) is 37.7 Å². The molecule has 5 nitrogen and oxygen atoms in total. The summed E-state index contributed by atoms with van der Waals surface area (Å²) >= 11 is 0. The maximum atomic E-state index is 12.3. The van der Waals surface area contributed by atoms with Gasteiger partial charge in [0.05, 0.1) is 6.42 Å². The second-order valence-corrected chi connectivity index (χ2v) is 7.86. The first-order chi connectivity index (χ1) is 13.1. The zero-order valence-corrected chi connectivity index (χ0v) is 16.6. The standard InChI is InChI=1S/C22H31N3O2/c1-17-7-5-10-19(15-17)16-21-24-23-20(27-21)12-13-22(26)25(2)14-6-11-18-8-3-4-9-18/h5,7,10,15,18H,3-4,6,8-9,11-14,16H2,1-2H3. The first-order valence-corrected chi connectivity index (χ1v) is 10.2. The number of aryl methyl sites for hydroxylation is 2. The zero-order chi connectivity index (χ0) is 19.1. The van der Waals surface area contributed by atoms with Gasteiger partial charge in [0.25, 0.3) is 0 Å². The summed E-state index contributed by atoms with van der Waals surface area (Å²) in [6.45, 7) is 2.91. The van der Waals surface area contributed by atoms with Gasteiger partial charge in [-0.3, -0.25) is 4.79 Å². The number of carbonyl (C=O) groups excluding carboxylic acids is 1. The number of nitrogens with zero attached hydrogens (tertiary/aromatic N) is 3. The molecule has 1 aromatic carbocycles. The predicted octanol–water partition coefficient (Wildman–Crippen LogP) is 4.33. The van der Waals surface area contributed by atoms with E-state index in [-0.39, 0.29) is 5.91 Å². The van der Waals surface area contributed by atoms with E-state index < -0.39 is 0 Å². The lowest BCUT2D eigenvalue weighted by molar-refractivity contribution is -0.130. The summed E-state index contributed by atoms with van der Waals surface area (Å²) in [7, 11) is 1.90. The molecule has 146 valence electrons. The van der Waals surface area contributed by atoms with Crippen molar-refractivity contribution in [1.82, 2.24) is 15.1 Å². The molecule has 3 rings (SSSR count). The quantitative estimate of drug-likeness (QED) is 0.660. The van der Waals surface area contributed by atoms with Crippen LogP contribution in [0.2, 0.25) is 0 Å². The van der Waals surface area contributed by atoms with Gasteiger partial charge in [-0.15, -0.1) is 10.2 Å². The zero-order valence-electron chi connectivity index (χ0n) is 16.6. The van der Waals surface area contributed by atoms with Crippen LogP contribution in [0.15, 0.2) is 28.7 Å². The lowest BCUT2D eigenvalue weighted by atomic mass is 10.0. The highest BCUT2D eigenvalue weighted by atomic mass is 16.4. The molecule has 1 aliphatic carbocycles.